The van der Waals surface area contributed by atoms with E-state index in [1.54, 1.807) is 0 Å². The maximum Gasteiger partial charge on any atom is 0.257 e. The molecule has 28 heavy (non-hydrogen) atoms. The molecule has 0 saturated heterocycles. The summed E-state index contributed by atoms with van der Waals surface area (Å²) in [6.07, 6.45) is 7.07. The second-order valence-corrected chi connectivity index (χ2v) is 7.74. The fraction of sp³-hybridized carbons (Fsp3) is 0.391. The van der Waals surface area contributed by atoms with E-state index in [1.807, 2.05) is 18.2 Å². The van der Waals surface area contributed by atoms with E-state index in [1.165, 1.54) is 29.5 Å². The van der Waals surface area contributed by atoms with Crippen LogP contribution in [-0.4, -0.2) is 24.9 Å². The molecule has 1 heterocycles. The molecule has 0 spiro atoms. The zero-order chi connectivity index (χ0) is 19.3. The summed E-state index contributed by atoms with van der Waals surface area (Å²) in [6, 6.07) is 14.5. The fourth-order valence-corrected chi connectivity index (χ4v) is 4.25. The molecule has 0 aromatic heterocycles. The normalized spacial score (nSPS) is 15.4. The SMILES string of the molecule is O=C(Cc1ccc2c(c1)CCCC2)NNC(=O)CN1CCCc2ccccc21. The van der Waals surface area contributed by atoms with Gasteiger partial charge < -0.3 is 4.90 Å². The summed E-state index contributed by atoms with van der Waals surface area (Å²) >= 11 is 0. The molecule has 2 aromatic rings. The molecule has 0 bridgehead atoms. The molecule has 2 aromatic carbocycles. The van der Waals surface area contributed by atoms with Gasteiger partial charge in [-0.2, -0.15) is 0 Å². The van der Waals surface area contributed by atoms with Gasteiger partial charge >= 0.3 is 0 Å². The van der Waals surface area contributed by atoms with E-state index in [4.69, 9.17) is 0 Å². The lowest BCUT2D eigenvalue weighted by Crippen LogP contribution is -2.47. The van der Waals surface area contributed by atoms with Crippen LogP contribution < -0.4 is 15.8 Å². The number of carbonyl (C=O) groups excluding carboxylic acids is 2. The Hall–Kier alpha value is -2.82. The summed E-state index contributed by atoms with van der Waals surface area (Å²) in [5.41, 5.74) is 11.3. The molecule has 1 aliphatic heterocycles. The Balaban J connectivity index is 1.28. The van der Waals surface area contributed by atoms with Crippen molar-refractivity contribution in [2.45, 2.75) is 44.9 Å². The van der Waals surface area contributed by atoms with Gasteiger partial charge in [-0.25, -0.2) is 0 Å². The van der Waals surface area contributed by atoms with Gasteiger partial charge in [-0.15, -0.1) is 0 Å². The summed E-state index contributed by atoms with van der Waals surface area (Å²) in [4.78, 5) is 26.6. The summed E-state index contributed by atoms with van der Waals surface area (Å²) in [7, 11) is 0. The van der Waals surface area contributed by atoms with Crippen molar-refractivity contribution in [3.8, 4) is 0 Å². The molecular formula is C23H27N3O2. The van der Waals surface area contributed by atoms with Gasteiger partial charge in [0.15, 0.2) is 0 Å². The Kier molecular flexibility index (Phi) is 5.60. The quantitative estimate of drug-likeness (QED) is 0.806. The third-order valence-electron chi connectivity index (χ3n) is 5.66. The number of carbonyl (C=O) groups is 2. The maximum atomic E-state index is 12.3. The predicted octanol–water partition coefficient (Wildman–Crippen LogP) is 2.71. The van der Waals surface area contributed by atoms with Crippen LogP contribution in [0, 0.1) is 0 Å². The first-order valence-corrected chi connectivity index (χ1v) is 10.2. The number of aryl methyl sites for hydroxylation is 3. The number of hydrogen-bond acceptors (Lipinski definition) is 3. The van der Waals surface area contributed by atoms with Gasteiger partial charge in [0, 0.05) is 12.2 Å². The molecular weight excluding hydrogens is 350 g/mol. The number of hydrogen-bond donors (Lipinski definition) is 2. The molecule has 4 rings (SSSR count). The second-order valence-electron chi connectivity index (χ2n) is 7.74. The molecule has 146 valence electrons. The van der Waals surface area contributed by atoms with Crippen molar-refractivity contribution >= 4 is 17.5 Å². The Morgan fingerprint density at radius 1 is 0.821 bits per heavy atom. The van der Waals surface area contributed by atoms with Crippen molar-refractivity contribution < 1.29 is 9.59 Å². The van der Waals surface area contributed by atoms with Crippen molar-refractivity contribution in [3.63, 3.8) is 0 Å². The van der Waals surface area contributed by atoms with Crippen molar-refractivity contribution in [3.05, 3.63) is 64.7 Å². The number of hydrazine groups is 1. The molecule has 0 fully saturated rings. The van der Waals surface area contributed by atoms with Gasteiger partial charge in [-0.05, 0) is 66.8 Å². The van der Waals surface area contributed by atoms with Crippen LogP contribution in [0.3, 0.4) is 0 Å². The van der Waals surface area contributed by atoms with Crippen LogP contribution in [0.5, 0.6) is 0 Å². The molecule has 0 unspecified atom stereocenters. The van der Waals surface area contributed by atoms with Gasteiger partial charge in [0.2, 0.25) is 5.91 Å². The van der Waals surface area contributed by atoms with Crippen LogP contribution in [0.2, 0.25) is 0 Å². The monoisotopic (exact) mass is 377 g/mol. The minimum atomic E-state index is -0.199. The fourth-order valence-electron chi connectivity index (χ4n) is 4.25. The van der Waals surface area contributed by atoms with E-state index in [9.17, 15) is 9.59 Å². The van der Waals surface area contributed by atoms with E-state index in [-0.39, 0.29) is 24.8 Å². The Bertz CT molecular complexity index is 878. The molecule has 2 N–H and O–H groups in total. The highest BCUT2D eigenvalue weighted by molar-refractivity contribution is 5.86. The van der Waals surface area contributed by atoms with Crippen LogP contribution in [0.1, 0.15) is 41.5 Å². The number of anilines is 1. The minimum absolute atomic E-state index is 0.192. The Morgan fingerprint density at radius 2 is 1.57 bits per heavy atom. The van der Waals surface area contributed by atoms with Gasteiger partial charge in [0.05, 0.1) is 13.0 Å². The van der Waals surface area contributed by atoms with Crippen molar-refractivity contribution in [1.82, 2.24) is 10.9 Å². The van der Waals surface area contributed by atoms with Crippen LogP contribution in [0.4, 0.5) is 5.69 Å². The first kappa shape index (κ1) is 18.5. The molecule has 2 aliphatic rings. The van der Waals surface area contributed by atoms with Gasteiger partial charge in [0.1, 0.15) is 0 Å². The molecule has 2 amide bonds. The zero-order valence-electron chi connectivity index (χ0n) is 16.2. The van der Waals surface area contributed by atoms with E-state index >= 15 is 0 Å². The van der Waals surface area contributed by atoms with Gasteiger partial charge in [-0.3, -0.25) is 20.4 Å². The maximum absolute atomic E-state index is 12.3. The number of nitrogens with one attached hydrogen (secondary N) is 2. The Morgan fingerprint density at radius 3 is 2.46 bits per heavy atom. The smallest absolute Gasteiger partial charge is 0.257 e. The van der Waals surface area contributed by atoms with Gasteiger partial charge in [0.25, 0.3) is 5.91 Å². The third kappa shape index (κ3) is 4.35. The lowest BCUT2D eigenvalue weighted by Gasteiger charge is -2.30. The Labute approximate surface area is 166 Å². The molecule has 5 heteroatoms. The lowest BCUT2D eigenvalue weighted by atomic mass is 9.90. The summed E-state index contributed by atoms with van der Waals surface area (Å²) < 4.78 is 0. The first-order chi connectivity index (χ1) is 13.7. The van der Waals surface area contributed by atoms with Crippen molar-refractivity contribution in [2.75, 3.05) is 18.0 Å². The predicted molar refractivity (Wildman–Crippen MR) is 110 cm³/mol. The molecule has 0 radical (unpaired) electrons. The number of benzene rings is 2. The van der Waals surface area contributed by atoms with E-state index < -0.39 is 0 Å². The number of nitrogens with zero attached hydrogens (tertiary/aromatic N) is 1. The highest BCUT2D eigenvalue weighted by Crippen LogP contribution is 2.26. The molecule has 5 nitrogen and oxygen atoms in total. The average Bonchev–Trinajstić information content (AvgIpc) is 2.72. The highest BCUT2D eigenvalue weighted by atomic mass is 16.2. The number of para-hydroxylation sites is 1. The molecule has 1 aliphatic carbocycles. The van der Waals surface area contributed by atoms with Crippen LogP contribution in [0.15, 0.2) is 42.5 Å². The summed E-state index contributed by atoms with van der Waals surface area (Å²) in [5, 5.41) is 0. The standard InChI is InChI=1S/C23H27N3O2/c27-22(15-17-11-12-18-6-1-2-8-20(18)14-17)24-25-23(28)16-26-13-5-9-19-7-3-4-10-21(19)26/h3-4,7,10-12,14H,1-2,5-6,8-9,13,15-16H2,(H,24,27)(H,25,28). The third-order valence-corrected chi connectivity index (χ3v) is 5.66. The van der Waals surface area contributed by atoms with Crippen LogP contribution in [-0.2, 0) is 35.3 Å². The van der Waals surface area contributed by atoms with Crippen molar-refractivity contribution in [1.29, 1.82) is 0 Å². The van der Waals surface area contributed by atoms with Crippen molar-refractivity contribution in [2.24, 2.45) is 0 Å². The first-order valence-electron chi connectivity index (χ1n) is 10.2. The van der Waals surface area contributed by atoms with E-state index in [0.29, 0.717) is 0 Å². The molecule has 0 saturated carbocycles. The number of amides is 2. The topological polar surface area (TPSA) is 61.4 Å². The molecule has 0 atom stereocenters. The van der Waals surface area contributed by atoms with Crippen LogP contribution in [0.25, 0.3) is 0 Å². The number of rotatable bonds is 4. The number of fused-ring (bicyclic) bond motifs is 2. The summed E-state index contributed by atoms with van der Waals surface area (Å²) in [6.45, 7) is 1.10. The van der Waals surface area contributed by atoms with Crippen LogP contribution >= 0.6 is 0 Å². The largest absolute Gasteiger partial charge is 0.362 e. The zero-order valence-corrected chi connectivity index (χ0v) is 16.2. The lowest BCUT2D eigenvalue weighted by molar-refractivity contribution is -0.127. The second kappa shape index (κ2) is 8.46. The average molecular weight is 377 g/mol. The van der Waals surface area contributed by atoms with E-state index in [0.717, 1.165) is 43.5 Å². The minimum Gasteiger partial charge on any atom is -0.362 e. The summed E-state index contributed by atoms with van der Waals surface area (Å²) in [5.74, 6) is -0.390. The van der Waals surface area contributed by atoms with Gasteiger partial charge in [-0.1, -0.05) is 36.4 Å². The van der Waals surface area contributed by atoms with E-state index in [2.05, 4.69) is 40.0 Å². The highest BCUT2D eigenvalue weighted by Gasteiger charge is 2.19.